The highest BCUT2D eigenvalue weighted by atomic mass is 15.2. The van der Waals surface area contributed by atoms with Crippen molar-refractivity contribution in [3.8, 4) is 0 Å². The van der Waals surface area contributed by atoms with Crippen LogP contribution < -0.4 is 15.1 Å². The molecule has 27 heavy (non-hydrogen) atoms. The third-order valence-corrected chi connectivity index (χ3v) is 4.58. The first-order valence-electron chi connectivity index (χ1n) is 9.37. The fourth-order valence-electron chi connectivity index (χ4n) is 3.04. The summed E-state index contributed by atoms with van der Waals surface area (Å²) in [5.74, 6) is 1.46. The van der Waals surface area contributed by atoms with Crippen molar-refractivity contribution in [2.24, 2.45) is 0 Å². The van der Waals surface area contributed by atoms with Crippen LogP contribution in [0.25, 0.3) is 0 Å². The van der Waals surface area contributed by atoms with Gasteiger partial charge in [0.2, 0.25) is 5.95 Å². The van der Waals surface area contributed by atoms with Crippen LogP contribution in [0.15, 0.2) is 60.7 Å². The quantitative estimate of drug-likeness (QED) is 0.631. The Labute approximate surface area is 161 Å². The summed E-state index contributed by atoms with van der Waals surface area (Å²) >= 11 is 0. The molecule has 140 valence electrons. The largest absolute Gasteiger partial charge is 0.372 e. The summed E-state index contributed by atoms with van der Waals surface area (Å²) in [6.45, 7) is 8.32. The number of para-hydroxylation sites is 1. The Balaban J connectivity index is 1.80. The highest BCUT2D eigenvalue weighted by Crippen LogP contribution is 2.24. The summed E-state index contributed by atoms with van der Waals surface area (Å²) in [4.78, 5) is 13.6. The molecule has 0 saturated heterocycles. The van der Waals surface area contributed by atoms with Gasteiger partial charge in [0.05, 0.1) is 0 Å². The summed E-state index contributed by atoms with van der Waals surface area (Å²) in [7, 11) is 2.01. The molecule has 0 amide bonds. The van der Waals surface area contributed by atoms with Crippen molar-refractivity contribution < 1.29 is 0 Å². The van der Waals surface area contributed by atoms with Crippen molar-refractivity contribution in [3.63, 3.8) is 0 Å². The smallest absolute Gasteiger partial charge is 0.229 e. The van der Waals surface area contributed by atoms with Crippen molar-refractivity contribution in [2.75, 3.05) is 35.3 Å². The fourth-order valence-corrected chi connectivity index (χ4v) is 3.04. The van der Waals surface area contributed by atoms with Crippen molar-refractivity contribution in [3.05, 3.63) is 66.4 Å². The zero-order valence-corrected chi connectivity index (χ0v) is 16.5. The van der Waals surface area contributed by atoms with E-state index >= 15 is 0 Å². The lowest BCUT2D eigenvalue weighted by Gasteiger charge is -2.21. The zero-order chi connectivity index (χ0) is 19.2. The van der Waals surface area contributed by atoms with E-state index in [4.69, 9.17) is 0 Å². The topological polar surface area (TPSA) is 44.3 Å². The molecule has 0 aliphatic heterocycles. The minimum absolute atomic E-state index is 0.600. The lowest BCUT2D eigenvalue weighted by atomic mass is 10.2. The van der Waals surface area contributed by atoms with Crippen LogP contribution in [0.5, 0.6) is 0 Å². The van der Waals surface area contributed by atoms with Gasteiger partial charge in [0.25, 0.3) is 0 Å². The first-order valence-corrected chi connectivity index (χ1v) is 9.37. The molecule has 0 unspecified atom stereocenters. The molecule has 0 aliphatic rings. The van der Waals surface area contributed by atoms with E-state index in [1.807, 2.05) is 38.2 Å². The van der Waals surface area contributed by atoms with Crippen molar-refractivity contribution in [1.82, 2.24) is 9.97 Å². The number of aromatic nitrogens is 2. The highest BCUT2D eigenvalue weighted by Gasteiger charge is 2.09. The van der Waals surface area contributed by atoms with Crippen LogP contribution in [-0.2, 0) is 0 Å². The second kappa shape index (κ2) is 8.54. The summed E-state index contributed by atoms with van der Waals surface area (Å²) in [5, 5.41) is 3.33. The zero-order valence-electron chi connectivity index (χ0n) is 16.5. The van der Waals surface area contributed by atoms with E-state index in [0.717, 1.165) is 36.0 Å². The molecule has 3 aromatic rings. The lowest BCUT2D eigenvalue weighted by Crippen LogP contribution is -2.21. The van der Waals surface area contributed by atoms with Crippen molar-refractivity contribution in [2.45, 2.75) is 20.8 Å². The molecule has 0 spiro atoms. The molecule has 1 heterocycles. The monoisotopic (exact) mass is 361 g/mol. The van der Waals surface area contributed by atoms with Gasteiger partial charge < -0.3 is 15.1 Å². The Morgan fingerprint density at radius 1 is 0.852 bits per heavy atom. The third-order valence-electron chi connectivity index (χ3n) is 4.58. The molecule has 0 aliphatic carbocycles. The standard InChI is InChI=1S/C22H27N5/c1-5-27(6-2)20-14-12-18(13-15-20)24-22-23-17(3)16-21(25-22)26(4)19-10-8-7-9-11-19/h7-16H,5-6H2,1-4H3,(H,23,24,25). The predicted molar refractivity (Wildman–Crippen MR) is 115 cm³/mol. The van der Waals surface area contributed by atoms with E-state index in [-0.39, 0.29) is 0 Å². The fraction of sp³-hybridized carbons (Fsp3) is 0.273. The van der Waals surface area contributed by atoms with Crippen LogP contribution in [0.1, 0.15) is 19.5 Å². The number of hydrogen-bond donors (Lipinski definition) is 1. The number of hydrogen-bond acceptors (Lipinski definition) is 5. The van der Waals surface area contributed by atoms with Crippen LogP contribution in [-0.4, -0.2) is 30.1 Å². The second-order valence-corrected chi connectivity index (χ2v) is 6.43. The van der Waals surface area contributed by atoms with Crippen LogP contribution in [0.3, 0.4) is 0 Å². The number of nitrogens with zero attached hydrogens (tertiary/aromatic N) is 4. The molecule has 5 heteroatoms. The Morgan fingerprint density at radius 3 is 2.15 bits per heavy atom. The van der Waals surface area contributed by atoms with E-state index in [1.54, 1.807) is 0 Å². The maximum absolute atomic E-state index is 4.69. The Morgan fingerprint density at radius 2 is 1.52 bits per heavy atom. The Hall–Kier alpha value is -3.08. The molecule has 0 saturated carbocycles. The molecule has 0 atom stereocenters. The average molecular weight is 361 g/mol. The van der Waals surface area contributed by atoms with Crippen molar-refractivity contribution >= 4 is 28.8 Å². The van der Waals surface area contributed by atoms with Gasteiger partial charge >= 0.3 is 0 Å². The normalized spacial score (nSPS) is 10.5. The van der Waals surface area contributed by atoms with Crippen LogP contribution in [0.2, 0.25) is 0 Å². The predicted octanol–water partition coefficient (Wildman–Crippen LogP) is 5.14. The van der Waals surface area contributed by atoms with E-state index in [9.17, 15) is 0 Å². The van der Waals surface area contributed by atoms with Gasteiger partial charge in [-0.05, 0) is 57.2 Å². The van der Waals surface area contributed by atoms with Gasteiger partial charge in [-0.25, -0.2) is 4.98 Å². The summed E-state index contributed by atoms with van der Waals surface area (Å²) in [5.41, 5.74) is 4.21. The van der Waals surface area contributed by atoms with Crippen molar-refractivity contribution in [1.29, 1.82) is 0 Å². The SMILES string of the molecule is CCN(CC)c1ccc(Nc2nc(C)cc(N(C)c3ccccc3)n2)cc1. The minimum Gasteiger partial charge on any atom is -0.372 e. The van der Waals surface area contributed by atoms with Gasteiger partial charge in [-0.3, -0.25) is 0 Å². The summed E-state index contributed by atoms with van der Waals surface area (Å²) in [6.07, 6.45) is 0. The Bertz CT molecular complexity index is 858. The molecule has 1 aromatic heterocycles. The molecule has 1 N–H and O–H groups in total. The first kappa shape index (κ1) is 18.7. The molecule has 5 nitrogen and oxygen atoms in total. The van der Waals surface area contributed by atoms with Gasteiger partial charge in [-0.15, -0.1) is 0 Å². The van der Waals surface area contributed by atoms with Gasteiger partial charge in [-0.2, -0.15) is 4.98 Å². The maximum Gasteiger partial charge on any atom is 0.229 e. The number of aryl methyl sites for hydroxylation is 1. The molecule has 3 rings (SSSR count). The van der Waals surface area contributed by atoms with Gasteiger partial charge in [-0.1, -0.05) is 18.2 Å². The van der Waals surface area contributed by atoms with Crippen LogP contribution >= 0.6 is 0 Å². The molecule has 0 fully saturated rings. The van der Waals surface area contributed by atoms with Gasteiger partial charge in [0, 0.05) is 49.0 Å². The third kappa shape index (κ3) is 4.56. The second-order valence-electron chi connectivity index (χ2n) is 6.43. The van der Waals surface area contributed by atoms with Gasteiger partial charge in [0.1, 0.15) is 5.82 Å². The highest BCUT2D eigenvalue weighted by molar-refractivity contribution is 5.63. The number of nitrogens with one attached hydrogen (secondary N) is 1. The maximum atomic E-state index is 4.69. The average Bonchev–Trinajstić information content (AvgIpc) is 2.70. The number of anilines is 5. The molecular weight excluding hydrogens is 334 g/mol. The molecule has 0 bridgehead atoms. The van der Waals surface area contributed by atoms with Crippen LogP contribution in [0, 0.1) is 6.92 Å². The van der Waals surface area contributed by atoms with E-state index in [1.165, 1.54) is 5.69 Å². The summed E-state index contributed by atoms with van der Waals surface area (Å²) in [6, 6.07) is 20.6. The molecular formula is C22H27N5. The summed E-state index contributed by atoms with van der Waals surface area (Å²) < 4.78 is 0. The first-order chi connectivity index (χ1) is 13.1. The van der Waals surface area contributed by atoms with Crippen LogP contribution in [0.4, 0.5) is 28.8 Å². The van der Waals surface area contributed by atoms with Gasteiger partial charge in [0.15, 0.2) is 0 Å². The van der Waals surface area contributed by atoms with E-state index < -0.39 is 0 Å². The molecule has 0 radical (unpaired) electrons. The van der Waals surface area contributed by atoms with E-state index in [0.29, 0.717) is 5.95 Å². The lowest BCUT2D eigenvalue weighted by molar-refractivity contribution is 0.866. The minimum atomic E-state index is 0.600. The number of rotatable bonds is 7. The Kier molecular flexibility index (Phi) is 5.91. The number of benzene rings is 2. The van der Waals surface area contributed by atoms with E-state index in [2.05, 4.69) is 75.3 Å². The molecule has 2 aromatic carbocycles.